The van der Waals surface area contributed by atoms with Crippen molar-refractivity contribution in [1.82, 2.24) is 0 Å². The van der Waals surface area contributed by atoms with Crippen molar-refractivity contribution in [2.45, 2.75) is 84.2 Å². The molecule has 0 heterocycles. The Morgan fingerprint density at radius 3 is 1.50 bits per heavy atom. The summed E-state index contributed by atoms with van der Waals surface area (Å²) < 4.78 is 0. The minimum atomic E-state index is -1.08. The van der Waals surface area contributed by atoms with Crippen LogP contribution in [0.3, 0.4) is 0 Å². The zero-order valence-corrected chi connectivity index (χ0v) is 17.8. The van der Waals surface area contributed by atoms with Gasteiger partial charge in [0.15, 0.2) is 5.78 Å². The number of unbranched alkanes of at least 4 members (excludes halogenated alkanes) is 9. The summed E-state index contributed by atoms with van der Waals surface area (Å²) in [7, 11) is 0. The van der Waals surface area contributed by atoms with Gasteiger partial charge in [0.25, 0.3) is 0 Å². The highest BCUT2D eigenvalue weighted by Crippen LogP contribution is 2.17. The minimum Gasteiger partial charge on any atom is -0.380 e. The first-order chi connectivity index (χ1) is 13.7. The zero-order valence-electron chi connectivity index (χ0n) is 17.8. The lowest BCUT2D eigenvalue weighted by Crippen LogP contribution is -2.11. The summed E-state index contributed by atoms with van der Waals surface area (Å²) in [6, 6.07) is 17.7. The molecular formula is C26H38O2. The average molecular weight is 383 g/mol. The van der Waals surface area contributed by atoms with Gasteiger partial charge in [-0.3, -0.25) is 4.79 Å². The lowest BCUT2D eigenvalue weighted by molar-refractivity contribution is 0.0747. The van der Waals surface area contributed by atoms with Crippen molar-refractivity contribution in [3.63, 3.8) is 0 Å². The normalized spacial score (nSPS) is 11.4. The van der Waals surface area contributed by atoms with E-state index in [4.69, 9.17) is 0 Å². The van der Waals surface area contributed by atoms with E-state index < -0.39 is 6.10 Å². The van der Waals surface area contributed by atoms with Crippen molar-refractivity contribution in [3.05, 3.63) is 71.8 Å². The van der Waals surface area contributed by atoms with Crippen molar-refractivity contribution in [2.75, 3.05) is 0 Å². The molecule has 0 aromatic heterocycles. The fourth-order valence-electron chi connectivity index (χ4n) is 3.11. The first kappa shape index (κ1) is 24.1. The molecule has 2 heteroatoms. The summed E-state index contributed by atoms with van der Waals surface area (Å²) in [4.78, 5) is 11.9. The van der Waals surface area contributed by atoms with Gasteiger partial charge in [-0.05, 0) is 5.56 Å². The molecule has 0 radical (unpaired) electrons. The Morgan fingerprint density at radius 1 is 0.679 bits per heavy atom. The molecule has 2 aromatic rings. The Morgan fingerprint density at radius 2 is 1.07 bits per heavy atom. The Kier molecular flexibility index (Phi) is 13.8. The van der Waals surface area contributed by atoms with E-state index >= 15 is 0 Å². The van der Waals surface area contributed by atoms with E-state index in [1.54, 1.807) is 48.5 Å². The molecule has 0 bridgehead atoms. The number of Topliss-reactive ketones (excluding diaryl/α,β-unsaturated/α-hetero) is 1. The fraction of sp³-hybridized carbons (Fsp3) is 0.500. The van der Waals surface area contributed by atoms with Crippen LogP contribution in [0.15, 0.2) is 60.7 Å². The maximum absolute atomic E-state index is 11.9. The number of hydrogen-bond donors (Lipinski definition) is 1. The van der Waals surface area contributed by atoms with Crippen LogP contribution in [-0.2, 0) is 0 Å². The Hall–Kier alpha value is -1.93. The average Bonchev–Trinajstić information content (AvgIpc) is 2.76. The van der Waals surface area contributed by atoms with Gasteiger partial charge >= 0.3 is 0 Å². The van der Waals surface area contributed by atoms with Gasteiger partial charge in [0, 0.05) is 5.56 Å². The second kappa shape index (κ2) is 16.1. The molecule has 2 aromatic carbocycles. The summed E-state index contributed by atoms with van der Waals surface area (Å²) in [5.41, 5.74) is 1.15. The monoisotopic (exact) mass is 382 g/mol. The molecular weight excluding hydrogens is 344 g/mol. The van der Waals surface area contributed by atoms with E-state index in [-0.39, 0.29) is 5.78 Å². The molecule has 1 N–H and O–H groups in total. The first-order valence-electron chi connectivity index (χ1n) is 11.0. The Bertz CT molecular complexity index is 597. The summed E-state index contributed by atoms with van der Waals surface area (Å²) in [5.74, 6) is -0.271. The highest BCUT2D eigenvalue weighted by Gasteiger charge is 2.18. The Labute approximate surface area is 172 Å². The van der Waals surface area contributed by atoms with E-state index in [0.717, 1.165) is 0 Å². The molecule has 2 nitrogen and oxygen atoms in total. The van der Waals surface area contributed by atoms with Gasteiger partial charge in [0.05, 0.1) is 0 Å². The van der Waals surface area contributed by atoms with Gasteiger partial charge in [-0.2, -0.15) is 0 Å². The lowest BCUT2D eigenvalue weighted by Gasteiger charge is -2.09. The van der Waals surface area contributed by atoms with Gasteiger partial charge < -0.3 is 5.11 Å². The molecule has 154 valence electrons. The lowest BCUT2D eigenvalue weighted by atomic mass is 10.0. The Balaban J connectivity index is 0.000000295. The molecule has 0 spiro atoms. The maximum atomic E-state index is 11.9. The first-order valence-corrected chi connectivity index (χ1v) is 11.0. The number of carbonyl (C=O) groups is 1. The fourth-order valence-corrected chi connectivity index (χ4v) is 3.11. The van der Waals surface area contributed by atoms with Crippen LogP contribution >= 0.6 is 0 Å². The van der Waals surface area contributed by atoms with E-state index in [2.05, 4.69) is 13.8 Å². The second-order valence-corrected chi connectivity index (χ2v) is 7.37. The number of benzene rings is 2. The number of carbonyl (C=O) groups excluding carboxylic acids is 1. The topological polar surface area (TPSA) is 37.3 Å². The smallest absolute Gasteiger partial charge is 0.195 e. The van der Waals surface area contributed by atoms with E-state index in [9.17, 15) is 9.90 Å². The van der Waals surface area contributed by atoms with Crippen LogP contribution in [-0.4, -0.2) is 10.9 Å². The molecule has 2 rings (SSSR count). The van der Waals surface area contributed by atoms with E-state index in [0.29, 0.717) is 11.1 Å². The summed E-state index contributed by atoms with van der Waals surface area (Å²) in [6.07, 6.45) is 13.4. The highest BCUT2D eigenvalue weighted by molar-refractivity contribution is 5.99. The summed E-state index contributed by atoms with van der Waals surface area (Å²) in [6.45, 7) is 4.56. The molecule has 0 fully saturated rings. The minimum absolute atomic E-state index is 0.271. The van der Waals surface area contributed by atoms with Crippen LogP contribution in [0.1, 0.15) is 100 Å². The molecule has 0 saturated carbocycles. The number of rotatable bonds is 12. The number of ketones is 1. The third-order valence-corrected chi connectivity index (χ3v) is 4.88. The molecule has 0 aliphatic rings. The standard InChI is InChI=1S/C14H12O2.C12H26/c15-13(11-7-3-1-4-8-11)14(16)12-9-5-2-6-10-12;1-3-5-7-9-11-12-10-8-6-4-2/h1-10,13,15H;3-12H2,1-2H3. The molecule has 0 saturated heterocycles. The van der Waals surface area contributed by atoms with Crippen LogP contribution < -0.4 is 0 Å². The van der Waals surface area contributed by atoms with Crippen LogP contribution in [0.4, 0.5) is 0 Å². The van der Waals surface area contributed by atoms with Gasteiger partial charge in [-0.1, -0.05) is 139 Å². The van der Waals surface area contributed by atoms with Crippen LogP contribution in [0.5, 0.6) is 0 Å². The highest BCUT2D eigenvalue weighted by atomic mass is 16.3. The third kappa shape index (κ3) is 10.4. The van der Waals surface area contributed by atoms with Gasteiger partial charge in [0.1, 0.15) is 6.10 Å². The van der Waals surface area contributed by atoms with Crippen molar-refractivity contribution >= 4 is 5.78 Å². The molecule has 0 aliphatic carbocycles. The van der Waals surface area contributed by atoms with Crippen LogP contribution in [0.25, 0.3) is 0 Å². The number of hydrogen-bond acceptors (Lipinski definition) is 2. The van der Waals surface area contributed by atoms with Gasteiger partial charge in [-0.25, -0.2) is 0 Å². The predicted octanol–water partition coefficient (Wildman–Crippen LogP) is 7.53. The SMILES string of the molecule is CCCCCCCCCCCC.O=C(c1ccccc1)C(O)c1ccccc1. The molecule has 0 aliphatic heterocycles. The van der Waals surface area contributed by atoms with Crippen molar-refractivity contribution in [3.8, 4) is 0 Å². The number of aliphatic hydroxyl groups is 1. The predicted molar refractivity (Wildman–Crippen MR) is 120 cm³/mol. The quantitative estimate of drug-likeness (QED) is 0.304. The maximum Gasteiger partial charge on any atom is 0.195 e. The van der Waals surface area contributed by atoms with Crippen molar-refractivity contribution in [2.24, 2.45) is 0 Å². The van der Waals surface area contributed by atoms with Crippen LogP contribution in [0, 0.1) is 0 Å². The molecule has 1 unspecified atom stereocenters. The molecule has 0 amide bonds. The molecule has 28 heavy (non-hydrogen) atoms. The van der Waals surface area contributed by atoms with Crippen molar-refractivity contribution < 1.29 is 9.90 Å². The zero-order chi connectivity index (χ0) is 20.5. The third-order valence-electron chi connectivity index (χ3n) is 4.88. The van der Waals surface area contributed by atoms with E-state index in [1.807, 2.05) is 12.1 Å². The number of aliphatic hydroxyl groups excluding tert-OH is 1. The van der Waals surface area contributed by atoms with E-state index in [1.165, 1.54) is 64.2 Å². The van der Waals surface area contributed by atoms with Gasteiger partial charge in [-0.15, -0.1) is 0 Å². The molecule has 1 atom stereocenters. The van der Waals surface area contributed by atoms with Gasteiger partial charge in [0.2, 0.25) is 0 Å². The largest absolute Gasteiger partial charge is 0.380 e. The summed E-state index contributed by atoms with van der Waals surface area (Å²) in [5, 5.41) is 9.89. The second-order valence-electron chi connectivity index (χ2n) is 7.37. The van der Waals surface area contributed by atoms with Crippen LogP contribution in [0.2, 0.25) is 0 Å². The van der Waals surface area contributed by atoms with Crippen molar-refractivity contribution in [1.29, 1.82) is 0 Å². The summed E-state index contributed by atoms with van der Waals surface area (Å²) >= 11 is 0.